The van der Waals surface area contributed by atoms with Gasteiger partial charge in [0.2, 0.25) is 0 Å². The summed E-state index contributed by atoms with van der Waals surface area (Å²) in [5.41, 5.74) is 0.437. The van der Waals surface area contributed by atoms with Crippen LogP contribution in [-0.2, 0) is 4.74 Å². The number of hydrogen-bond acceptors (Lipinski definition) is 6. The molecule has 1 aromatic rings. The molecule has 1 aromatic heterocycles. The lowest BCUT2D eigenvalue weighted by Crippen LogP contribution is -2.47. The molecule has 2 aliphatic rings. The minimum atomic E-state index is -0.318. The third-order valence-corrected chi connectivity index (χ3v) is 4.53. The monoisotopic (exact) mass is 281 g/mol. The van der Waals surface area contributed by atoms with Crippen molar-refractivity contribution in [2.75, 3.05) is 37.7 Å². The number of thiazole rings is 1. The third-order valence-electron chi connectivity index (χ3n) is 3.62. The van der Waals surface area contributed by atoms with Crippen LogP contribution < -0.4 is 4.90 Å². The van der Waals surface area contributed by atoms with Gasteiger partial charge in [0.05, 0.1) is 6.61 Å². The summed E-state index contributed by atoms with van der Waals surface area (Å²) in [5.74, 6) is -0.318. The minimum Gasteiger partial charge on any atom is -0.461 e. The van der Waals surface area contributed by atoms with E-state index in [1.807, 2.05) is 6.92 Å². The number of hydrogen-bond donors (Lipinski definition) is 0. The number of esters is 1. The summed E-state index contributed by atoms with van der Waals surface area (Å²) < 4.78 is 4.96. The average Bonchev–Trinajstić information content (AvgIpc) is 3.16. The number of carbonyl (C=O) groups is 1. The van der Waals surface area contributed by atoms with Crippen LogP contribution in [0.4, 0.5) is 5.13 Å². The highest BCUT2D eigenvalue weighted by Gasteiger charge is 2.31. The maximum Gasteiger partial charge on any atom is 0.357 e. The van der Waals surface area contributed by atoms with Crippen molar-refractivity contribution in [2.45, 2.75) is 25.8 Å². The SMILES string of the molecule is CCOC(=O)c1csc(N2CCN(C3CC3)CC2)n1. The molecular formula is C13H19N3O2S. The first-order valence-electron chi connectivity index (χ1n) is 6.89. The maximum atomic E-state index is 11.6. The molecule has 1 aliphatic carbocycles. The van der Waals surface area contributed by atoms with E-state index in [-0.39, 0.29) is 5.97 Å². The summed E-state index contributed by atoms with van der Waals surface area (Å²) >= 11 is 1.53. The normalized spacial score (nSPS) is 20.6. The molecule has 19 heavy (non-hydrogen) atoms. The first kappa shape index (κ1) is 12.9. The lowest BCUT2D eigenvalue weighted by Gasteiger charge is -2.34. The maximum absolute atomic E-state index is 11.6. The van der Waals surface area contributed by atoms with Crippen LogP contribution in [-0.4, -0.2) is 54.7 Å². The summed E-state index contributed by atoms with van der Waals surface area (Å²) in [6.07, 6.45) is 2.73. The lowest BCUT2D eigenvalue weighted by atomic mass is 10.3. The van der Waals surface area contributed by atoms with Crippen LogP contribution in [0.1, 0.15) is 30.3 Å². The van der Waals surface area contributed by atoms with Gasteiger partial charge in [-0.2, -0.15) is 0 Å². The summed E-state index contributed by atoms with van der Waals surface area (Å²) in [4.78, 5) is 20.8. The van der Waals surface area contributed by atoms with Crippen LogP contribution in [0, 0.1) is 0 Å². The largest absolute Gasteiger partial charge is 0.461 e. The fraction of sp³-hybridized carbons (Fsp3) is 0.692. The standard InChI is InChI=1S/C13H19N3O2S/c1-2-18-12(17)11-9-19-13(14-11)16-7-5-15(6-8-16)10-3-4-10/h9-10H,2-8H2,1H3. The number of ether oxygens (including phenoxy) is 1. The van der Waals surface area contributed by atoms with Crippen molar-refractivity contribution in [1.29, 1.82) is 0 Å². The molecule has 3 rings (SSSR count). The predicted molar refractivity (Wildman–Crippen MR) is 74.9 cm³/mol. The van der Waals surface area contributed by atoms with E-state index in [1.165, 1.54) is 24.2 Å². The molecule has 0 radical (unpaired) electrons. The van der Waals surface area contributed by atoms with Crippen molar-refractivity contribution in [3.63, 3.8) is 0 Å². The van der Waals surface area contributed by atoms with Gasteiger partial charge < -0.3 is 9.64 Å². The Morgan fingerprint density at radius 1 is 1.42 bits per heavy atom. The van der Waals surface area contributed by atoms with Crippen LogP contribution in [0.2, 0.25) is 0 Å². The fourth-order valence-corrected chi connectivity index (χ4v) is 3.28. The molecule has 0 atom stereocenters. The average molecular weight is 281 g/mol. The first-order valence-corrected chi connectivity index (χ1v) is 7.77. The van der Waals surface area contributed by atoms with E-state index in [2.05, 4.69) is 14.8 Å². The molecule has 0 spiro atoms. The molecule has 5 nitrogen and oxygen atoms in total. The number of rotatable bonds is 4. The Bertz CT molecular complexity index is 450. The quantitative estimate of drug-likeness (QED) is 0.785. The Morgan fingerprint density at radius 3 is 2.79 bits per heavy atom. The molecule has 2 fully saturated rings. The predicted octanol–water partition coefficient (Wildman–Crippen LogP) is 1.60. The van der Waals surface area contributed by atoms with Crippen molar-refractivity contribution >= 4 is 22.4 Å². The van der Waals surface area contributed by atoms with E-state index in [9.17, 15) is 4.79 Å². The second-order valence-electron chi connectivity index (χ2n) is 4.99. The van der Waals surface area contributed by atoms with Gasteiger partial charge in [0.15, 0.2) is 10.8 Å². The Hall–Kier alpha value is -1.14. The van der Waals surface area contributed by atoms with Gasteiger partial charge in [0.1, 0.15) is 0 Å². The molecular weight excluding hydrogens is 262 g/mol. The van der Waals surface area contributed by atoms with E-state index < -0.39 is 0 Å². The molecule has 6 heteroatoms. The van der Waals surface area contributed by atoms with Crippen LogP contribution in [0.15, 0.2) is 5.38 Å². The van der Waals surface area contributed by atoms with Crippen molar-refractivity contribution in [2.24, 2.45) is 0 Å². The van der Waals surface area contributed by atoms with Crippen molar-refractivity contribution in [3.8, 4) is 0 Å². The van der Waals surface area contributed by atoms with Gasteiger partial charge in [0, 0.05) is 37.6 Å². The summed E-state index contributed by atoms with van der Waals surface area (Å²) in [6.45, 7) is 6.44. The summed E-state index contributed by atoms with van der Waals surface area (Å²) in [6, 6.07) is 0.841. The number of aromatic nitrogens is 1. The van der Waals surface area contributed by atoms with Crippen LogP contribution in [0.5, 0.6) is 0 Å². The zero-order chi connectivity index (χ0) is 13.2. The van der Waals surface area contributed by atoms with Crippen LogP contribution in [0.3, 0.4) is 0 Å². The van der Waals surface area contributed by atoms with Crippen molar-refractivity contribution < 1.29 is 9.53 Å². The van der Waals surface area contributed by atoms with Gasteiger partial charge in [-0.3, -0.25) is 4.90 Å². The van der Waals surface area contributed by atoms with Gasteiger partial charge in [0.25, 0.3) is 0 Å². The molecule has 0 unspecified atom stereocenters. The zero-order valence-electron chi connectivity index (χ0n) is 11.2. The van der Waals surface area contributed by atoms with Crippen LogP contribution >= 0.6 is 11.3 Å². The van der Waals surface area contributed by atoms with Gasteiger partial charge >= 0.3 is 5.97 Å². The van der Waals surface area contributed by atoms with Crippen molar-refractivity contribution in [3.05, 3.63) is 11.1 Å². The van der Waals surface area contributed by atoms with Crippen molar-refractivity contribution in [1.82, 2.24) is 9.88 Å². The molecule has 0 amide bonds. The Morgan fingerprint density at radius 2 is 2.16 bits per heavy atom. The highest BCUT2D eigenvalue weighted by molar-refractivity contribution is 7.13. The van der Waals surface area contributed by atoms with Gasteiger partial charge in [-0.1, -0.05) is 0 Å². The Kier molecular flexibility index (Phi) is 3.70. The fourth-order valence-electron chi connectivity index (χ4n) is 2.43. The molecule has 0 aromatic carbocycles. The van der Waals surface area contributed by atoms with E-state index in [1.54, 1.807) is 5.38 Å². The highest BCUT2D eigenvalue weighted by atomic mass is 32.1. The van der Waals surface area contributed by atoms with E-state index >= 15 is 0 Å². The van der Waals surface area contributed by atoms with E-state index in [0.717, 1.165) is 37.4 Å². The lowest BCUT2D eigenvalue weighted by molar-refractivity contribution is 0.0520. The van der Waals surface area contributed by atoms with Gasteiger partial charge in [-0.05, 0) is 19.8 Å². The topological polar surface area (TPSA) is 45.7 Å². The van der Waals surface area contributed by atoms with E-state index in [0.29, 0.717) is 12.3 Å². The summed E-state index contributed by atoms with van der Waals surface area (Å²) in [7, 11) is 0. The third kappa shape index (κ3) is 2.90. The number of anilines is 1. The zero-order valence-corrected chi connectivity index (χ0v) is 12.0. The Labute approximate surface area is 117 Å². The smallest absolute Gasteiger partial charge is 0.357 e. The minimum absolute atomic E-state index is 0.318. The van der Waals surface area contributed by atoms with E-state index in [4.69, 9.17) is 4.74 Å². The molecule has 1 saturated heterocycles. The molecule has 1 saturated carbocycles. The molecule has 104 valence electrons. The second kappa shape index (κ2) is 5.46. The summed E-state index contributed by atoms with van der Waals surface area (Å²) in [5, 5.41) is 2.74. The Balaban J connectivity index is 1.58. The number of carbonyl (C=O) groups excluding carboxylic acids is 1. The molecule has 0 bridgehead atoms. The number of nitrogens with zero attached hydrogens (tertiary/aromatic N) is 3. The molecule has 0 N–H and O–H groups in total. The van der Waals surface area contributed by atoms with Gasteiger partial charge in [-0.25, -0.2) is 9.78 Å². The molecule has 1 aliphatic heterocycles. The highest BCUT2D eigenvalue weighted by Crippen LogP contribution is 2.29. The first-order chi connectivity index (χ1) is 9.28. The van der Waals surface area contributed by atoms with Crippen LogP contribution in [0.25, 0.3) is 0 Å². The second-order valence-corrected chi connectivity index (χ2v) is 5.83. The number of piperazine rings is 1. The molecule has 2 heterocycles. The van der Waals surface area contributed by atoms with Gasteiger partial charge in [-0.15, -0.1) is 11.3 Å².